The SMILES string of the molecule is C[C@@H](OC(=O)[C@H](C)n1cnc2ccccc21)c1cccnc1. The highest BCUT2D eigenvalue weighted by molar-refractivity contribution is 5.80. The molecular weight excluding hydrogens is 278 g/mol. The van der Waals surface area contributed by atoms with Crippen LogP contribution in [0.3, 0.4) is 0 Å². The predicted octanol–water partition coefficient (Wildman–Crippen LogP) is 3.30. The molecule has 0 saturated carbocycles. The zero-order chi connectivity index (χ0) is 15.5. The molecule has 5 heteroatoms. The maximum absolute atomic E-state index is 12.4. The molecule has 112 valence electrons. The van der Waals surface area contributed by atoms with Gasteiger partial charge in [-0.1, -0.05) is 18.2 Å². The van der Waals surface area contributed by atoms with Gasteiger partial charge in [-0.05, 0) is 32.0 Å². The lowest BCUT2D eigenvalue weighted by atomic mass is 10.2. The number of ether oxygens (including phenoxy) is 1. The summed E-state index contributed by atoms with van der Waals surface area (Å²) in [6.07, 6.45) is 4.73. The summed E-state index contributed by atoms with van der Waals surface area (Å²) in [6.45, 7) is 3.65. The minimum Gasteiger partial charge on any atom is -0.456 e. The van der Waals surface area contributed by atoms with Gasteiger partial charge in [-0.2, -0.15) is 0 Å². The quantitative estimate of drug-likeness (QED) is 0.693. The number of aromatic nitrogens is 3. The highest BCUT2D eigenvalue weighted by Gasteiger charge is 2.21. The lowest BCUT2D eigenvalue weighted by molar-refractivity contribution is -0.152. The Bertz CT molecular complexity index is 783. The van der Waals surface area contributed by atoms with Crippen molar-refractivity contribution >= 4 is 17.0 Å². The van der Waals surface area contributed by atoms with Gasteiger partial charge >= 0.3 is 5.97 Å². The first kappa shape index (κ1) is 14.3. The van der Waals surface area contributed by atoms with Gasteiger partial charge < -0.3 is 9.30 Å². The Labute approximate surface area is 128 Å². The Balaban J connectivity index is 1.77. The lowest BCUT2D eigenvalue weighted by Crippen LogP contribution is -2.20. The van der Waals surface area contributed by atoms with Crippen molar-refractivity contribution in [3.05, 3.63) is 60.7 Å². The fourth-order valence-corrected chi connectivity index (χ4v) is 2.36. The van der Waals surface area contributed by atoms with Crippen molar-refractivity contribution in [3.8, 4) is 0 Å². The van der Waals surface area contributed by atoms with Crippen molar-refractivity contribution in [2.24, 2.45) is 0 Å². The number of hydrogen-bond donors (Lipinski definition) is 0. The van der Waals surface area contributed by atoms with E-state index in [0.717, 1.165) is 16.6 Å². The van der Waals surface area contributed by atoms with Crippen LogP contribution < -0.4 is 0 Å². The van der Waals surface area contributed by atoms with Crippen LogP contribution in [0.5, 0.6) is 0 Å². The molecular formula is C17H17N3O2. The van der Waals surface area contributed by atoms with Gasteiger partial charge in [0.1, 0.15) is 12.1 Å². The van der Waals surface area contributed by atoms with Crippen molar-refractivity contribution in [2.75, 3.05) is 0 Å². The molecule has 22 heavy (non-hydrogen) atoms. The van der Waals surface area contributed by atoms with Crippen molar-refractivity contribution in [1.29, 1.82) is 0 Å². The standard InChI is InChI=1S/C17H17N3O2/c1-12(20-11-19-15-7-3-4-8-16(15)20)17(21)22-13(2)14-6-5-9-18-10-14/h3-13H,1-2H3/t12-,13+/m0/s1. The van der Waals surface area contributed by atoms with Gasteiger partial charge in [0.15, 0.2) is 0 Å². The average Bonchev–Trinajstić information content (AvgIpc) is 2.99. The van der Waals surface area contributed by atoms with Gasteiger partial charge in [-0.15, -0.1) is 0 Å². The number of pyridine rings is 1. The fraction of sp³-hybridized carbons (Fsp3) is 0.235. The molecule has 1 aromatic carbocycles. The van der Waals surface area contributed by atoms with E-state index in [0.29, 0.717) is 0 Å². The van der Waals surface area contributed by atoms with Gasteiger partial charge in [0, 0.05) is 18.0 Å². The van der Waals surface area contributed by atoms with E-state index in [2.05, 4.69) is 9.97 Å². The molecule has 0 N–H and O–H groups in total. The number of carbonyl (C=O) groups excluding carboxylic acids is 1. The molecule has 0 fully saturated rings. The molecule has 0 bridgehead atoms. The zero-order valence-corrected chi connectivity index (χ0v) is 12.5. The molecule has 3 aromatic rings. The Morgan fingerprint density at radius 2 is 2.00 bits per heavy atom. The summed E-state index contributed by atoms with van der Waals surface area (Å²) in [5, 5.41) is 0. The Morgan fingerprint density at radius 3 is 2.77 bits per heavy atom. The second kappa shape index (κ2) is 5.97. The first-order chi connectivity index (χ1) is 10.7. The molecule has 0 spiro atoms. The molecule has 0 unspecified atom stereocenters. The summed E-state index contributed by atoms with van der Waals surface area (Å²) < 4.78 is 7.37. The van der Waals surface area contributed by atoms with Crippen LogP contribution in [0.25, 0.3) is 11.0 Å². The third-order valence-electron chi connectivity index (χ3n) is 3.69. The van der Waals surface area contributed by atoms with E-state index in [9.17, 15) is 4.79 Å². The zero-order valence-electron chi connectivity index (χ0n) is 12.5. The number of hydrogen-bond acceptors (Lipinski definition) is 4. The third kappa shape index (κ3) is 2.70. The van der Waals surface area contributed by atoms with Crippen LogP contribution >= 0.6 is 0 Å². The molecule has 2 aromatic heterocycles. The van der Waals surface area contributed by atoms with Crippen LogP contribution in [0.1, 0.15) is 31.6 Å². The Morgan fingerprint density at radius 1 is 1.18 bits per heavy atom. The minimum absolute atomic E-state index is 0.292. The normalized spacial score (nSPS) is 13.7. The van der Waals surface area contributed by atoms with Crippen LogP contribution in [0, 0.1) is 0 Å². The summed E-state index contributed by atoms with van der Waals surface area (Å²) in [7, 11) is 0. The van der Waals surface area contributed by atoms with E-state index in [1.54, 1.807) is 18.7 Å². The summed E-state index contributed by atoms with van der Waals surface area (Å²) in [4.78, 5) is 20.7. The molecule has 0 saturated heterocycles. The molecule has 0 amide bonds. The highest BCUT2D eigenvalue weighted by atomic mass is 16.5. The minimum atomic E-state index is -0.438. The summed E-state index contributed by atoms with van der Waals surface area (Å²) in [6, 6.07) is 11.0. The Kier molecular flexibility index (Phi) is 3.87. The van der Waals surface area contributed by atoms with E-state index in [1.807, 2.05) is 54.8 Å². The van der Waals surface area contributed by atoms with Crippen LogP contribution in [0.2, 0.25) is 0 Å². The number of carbonyl (C=O) groups is 1. The molecule has 3 rings (SSSR count). The topological polar surface area (TPSA) is 57.0 Å². The average molecular weight is 295 g/mol. The van der Waals surface area contributed by atoms with E-state index in [4.69, 9.17) is 4.74 Å². The molecule has 2 atom stereocenters. The van der Waals surface area contributed by atoms with E-state index < -0.39 is 6.04 Å². The molecule has 5 nitrogen and oxygen atoms in total. The van der Waals surface area contributed by atoms with Crippen molar-refractivity contribution < 1.29 is 9.53 Å². The monoisotopic (exact) mass is 295 g/mol. The molecule has 0 radical (unpaired) electrons. The fourth-order valence-electron chi connectivity index (χ4n) is 2.36. The second-order valence-electron chi connectivity index (χ2n) is 5.18. The lowest BCUT2D eigenvalue weighted by Gasteiger charge is -2.18. The molecule has 0 aliphatic rings. The van der Waals surface area contributed by atoms with E-state index in [1.165, 1.54) is 0 Å². The number of fused-ring (bicyclic) bond motifs is 1. The van der Waals surface area contributed by atoms with Crippen molar-refractivity contribution in [3.63, 3.8) is 0 Å². The Hall–Kier alpha value is -2.69. The summed E-state index contributed by atoms with van der Waals surface area (Å²) in [5.41, 5.74) is 2.65. The number of esters is 1. The second-order valence-corrected chi connectivity index (χ2v) is 5.18. The summed E-state index contributed by atoms with van der Waals surface area (Å²) in [5.74, 6) is -0.292. The van der Waals surface area contributed by atoms with E-state index in [-0.39, 0.29) is 12.1 Å². The first-order valence-corrected chi connectivity index (χ1v) is 7.19. The van der Waals surface area contributed by atoms with Gasteiger partial charge in [0.05, 0.1) is 17.4 Å². The molecule has 0 aliphatic carbocycles. The maximum atomic E-state index is 12.4. The first-order valence-electron chi connectivity index (χ1n) is 7.19. The molecule has 0 aliphatic heterocycles. The van der Waals surface area contributed by atoms with Crippen LogP contribution in [0.4, 0.5) is 0 Å². The van der Waals surface area contributed by atoms with Gasteiger partial charge in [0.25, 0.3) is 0 Å². The van der Waals surface area contributed by atoms with E-state index >= 15 is 0 Å². The van der Waals surface area contributed by atoms with Gasteiger partial charge in [-0.25, -0.2) is 9.78 Å². The summed E-state index contributed by atoms with van der Waals surface area (Å²) >= 11 is 0. The van der Waals surface area contributed by atoms with Crippen molar-refractivity contribution in [1.82, 2.24) is 14.5 Å². The predicted molar refractivity (Wildman–Crippen MR) is 83.2 cm³/mol. The smallest absolute Gasteiger partial charge is 0.329 e. The van der Waals surface area contributed by atoms with Crippen LogP contribution in [-0.2, 0) is 9.53 Å². The number of para-hydroxylation sites is 2. The highest BCUT2D eigenvalue weighted by Crippen LogP contribution is 2.22. The largest absolute Gasteiger partial charge is 0.456 e. The van der Waals surface area contributed by atoms with Crippen molar-refractivity contribution in [2.45, 2.75) is 26.0 Å². The van der Waals surface area contributed by atoms with Crippen LogP contribution in [-0.4, -0.2) is 20.5 Å². The number of rotatable bonds is 4. The maximum Gasteiger partial charge on any atom is 0.329 e. The van der Waals surface area contributed by atoms with Crippen LogP contribution in [0.15, 0.2) is 55.1 Å². The molecule has 2 heterocycles. The third-order valence-corrected chi connectivity index (χ3v) is 3.69. The van der Waals surface area contributed by atoms with Gasteiger partial charge in [-0.3, -0.25) is 4.98 Å². The number of imidazole rings is 1. The number of nitrogens with zero attached hydrogens (tertiary/aromatic N) is 3. The van der Waals surface area contributed by atoms with Gasteiger partial charge in [0.2, 0.25) is 0 Å². The number of benzene rings is 1.